The van der Waals surface area contributed by atoms with Crippen LogP contribution in [0, 0.1) is 0 Å². The van der Waals surface area contributed by atoms with E-state index < -0.39 is 0 Å². The summed E-state index contributed by atoms with van der Waals surface area (Å²) in [5.41, 5.74) is 2.24. The van der Waals surface area contributed by atoms with Crippen LogP contribution in [0.1, 0.15) is 27.6 Å². The lowest BCUT2D eigenvalue weighted by Gasteiger charge is -2.12. The summed E-state index contributed by atoms with van der Waals surface area (Å²) < 4.78 is 10.5. The standard InChI is InChI=1S/C22H21N3O4/c1-14(26)15-5-4-6-17(11-15)24-21-10-7-16(13-23-21)22(27)25-19-12-18(28-2)8-9-20(19)29-3/h4-13H,1-3H3,(H,23,24)(H,25,27). The van der Waals surface area contributed by atoms with Crippen LogP contribution in [0.25, 0.3) is 0 Å². The predicted octanol–water partition coefficient (Wildman–Crippen LogP) is 4.30. The summed E-state index contributed by atoms with van der Waals surface area (Å²) in [5, 5.41) is 5.92. The normalized spacial score (nSPS) is 10.2. The zero-order valence-electron chi connectivity index (χ0n) is 16.4. The van der Waals surface area contributed by atoms with E-state index in [1.54, 1.807) is 55.6 Å². The molecule has 0 aliphatic rings. The van der Waals surface area contributed by atoms with Crippen LogP contribution in [0.5, 0.6) is 11.5 Å². The molecule has 0 aliphatic heterocycles. The van der Waals surface area contributed by atoms with Crippen LogP contribution in [-0.2, 0) is 0 Å². The van der Waals surface area contributed by atoms with E-state index in [1.165, 1.54) is 20.2 Å². The number of benzene rings is 2. The van der Waals surface area contributed by atoms with Crippen LogP contribution >= 0.6 is 0 Å². The number of aromatic nitrogens is 1. The van der Waals surface area contributed by atoms with Crippen molar-refractivity contribution in [1.29, 1.82) is 0 Å². The van der Waals surface area contributed by atoms with Crippen molar-refractivity contribution in [3.8, 4) is 11.5 Å². The van der Waals surface area contributed by atoms with Crippen molar-refractivity contribution in [2.24, 2.45) is 0 Å². The molecule has 148 valence electrons. The Balaban J connectivity index is 1.72. The summed E-state index contributed by atoms with van der Waals surface area (Å²) in [6.45, 7) is 1.52. The molecule has 0 bridgehead atoms. The van der Waals surface area contributed by atoms with Gasteiger partial charge in [0.2, 0.25) is 0 Å². The van der Waals surface area contributed by atoms with Gasteiger partial charge in [0.05, 0.1) is 25.5 Å². The molecule has 0 saturated heterocycles. The molecule has 0 spiro atoms. The van der Waals surface area contributed by atoms with E-state index >= 15 is 0 Å². The molecule has 1 aromatic heterocycles. The molecule has 3 rings (SSSR count). The number of rotatable bonds is 7. The predicted molar refractivity (Wildman–Crippen MR) is 111 cm³/mol. The molecule has 0 atom stereocenters. The lowest BCUT2D eigenvalue weighted by Crippen LogP contribution is -2.13. The Hall–Kier alpha value is -3.87. The van der Waals surface area contributed by atoms with E-state index in [0.717, 1.165) is 5.69 Å². The van der Waals surface area contributed by atoms with Gasteiger partial charge < -0.3 is 20.1 Å². The quantitative estimate of drug-likeness (QED) is 0.584. The molecule has 0 fully saturated rings. The number of nitrogens with one attached hydrogen (secondary N) is 2. The smallest absolute Gasteiger partial charge is 0.257 e. The number of amides is 1. The number of Topliss-reactive ketones (excluding diaryl/α,β-unsaturated/α-hetero) is 1. The van der Waals surface area contributed by atoms with E-state index in [1.807, 2.05) is 6.07 Å². The molecular weight excluding hydrogens is 370 g/mol. The summed E-state index contributed by atoms with van der Waals surface area (Å²) in [4.78, 5) is 28.3. The molecule has 2 N–H and O–H groups in total. The Bertz CT molecular complexity index is 1030. The monoisotopic (exact) mass is 391 g/mol. The van der Waals surface area contributed by atoms with E-state index in [9.17, 15) is 9.59 Å². The number of carbonyl (C=O) groups is 2. The summed E-state index contributed by atoms with van der Waals surface area (Å²) in [6.07, 6.45) is 1.47. The van der Waals surface area contributed by atoms with Crippen LogP contribution in [0.2, 0.25) is 0 Å². The van der Waals surface area contributed by atoms with Crippen LogP contribution < -0.4 is 20.1 Å². The number of ketones is 1. The van der Waals surface area contributed by atoms with Crippen molar-refractivity contribution in [2.75, 3.05) is 24.9 Å². The van der Waals surface area contributed by atoms with E-state index in [2.05, 4.69) is 15.6 Å². The minimum absolute atomic E-state index is 0.0124. The number of anilines is 3. The molecule has 1 heterocycles. The first-order valence-corrected chi connectivity index (χ1v) is 8.87. The SMILES string of the molecule is COc1ccc(OC)c(NC(=O)c2ccc(Nc3cccc(C(C)=O)c3)nc2)c1. The molecule has 2 aromatic carbocycles. The lowest BCUT2D eigenvalue weighted by molar-refractivity contribution is 0.101. The van der Waals surface area contributed by atoms with Gasteiger partial charge in [-0.15, -0.1) is 0 Å². The number of methoxy groups -OCH3 is 2. The van der Waals surface area contributed by atoms with Gasteiger partial charge in [-0.25, -0.2) is 4.98 Å². The molecule has 0 unspecified atom stereocenters. The fourth-order valence-corrected chi connectivity index (χ4v) is 2.67. The minimum atomic E-state index is -0.325. The molecule has 0 aliphatic carbocycles. The summed E-state index contributed by atoms with van der Waals surface area (Å²) in [6, 6.07) is 15.6. The maximum Gasteiger partial charge on any atom is 0.257 e. The number of hydrogen-bond donors (Lipinski definition) is 2. The average molecular weight is 391 g/mol. The van der Waals surface area contributed by atoms with Crippen LogP contribution in [0.4, 0.5) is 17.2 Å². The number of pyridine rings is 1. The fraction of sp³-hybridized carbons (Fsp3) is 0.136. The summed E-state index contributed by atoms with van der Waals surface area (Å²) in [5.74, 6) is 1.35. The van der Waals surface area contributed by atoms with Crippen molar-refractivity contribution in [3.63, 3.8) is 0 Å². The Kier molecular flexibility index (Phi) is 6.09. The highest BCUT2D eigenvalue weighted by Crippen LogP contribution is 2.29. The highest BCUT2D eigenvalue weighted by molar-refractivity contribution is 6.05. The van der Waals surface area contributed by atoms with Crippen LogP contribution in [-0.4, -0.2) is 30.9 Å². The van der Waals surface area contributed by atoms with E-state index in [0.29, 0.717) is 34.1 Å². The molecule has 29 heavy (non-hydrogen) atoms. The number of nitrogens with zero attached hydrogens (tertiary/aromatic N) is 1. The second-order valence-corrected chi connectivity index (χ2v) is 6.21. The Morgan fingerprint density at radius 1 is 0.931 bits per heavy atom. The third kappa shape index (κ3) is 4.90. The molecule has 7 nitrogen and oxygen atoms in total. The molecule has 0 radical (unpaired) electrons. The zero-order valence-corrected chi connectivity index (χ0v) is 16.4. The van der Waals surface area contributed by atoms with E-state index in [4.69, 9.17) is 9.47 Å². The van der Waals surface area contributed by atoms with Gasteiger partial charge in [-0.05, 0) is 43.3 Å². The first kappa shape index (κ1) is 19.9. The van der Waals surface area contributed by atoms with E-state index in [-0.39, 0.29) is 11.7 Å². The zero-order chi connectivity index (χ0) is 20.8. The van der Waals surface area contributed by atoms with Crippen LogP contribution in [0.3, 0.4) is 0 Å². The van der Waals surface area contributed by atoms with Crippen molar-refractivity contribution in [2.45, 2.75) is 6.92 Å². The first-order chi connectivity index (χ1) is 14.0. The second-order valence-electron chi connectivity index (χ2n) is 6.21. The first-order valence-electron chi connectivity index (χ1n) is 8.87. The van der Waals surface area contributed by atoms with Gasteiger partial charge in [0.1, 0.15) is 17.3 Å². The third-order valence-corrected chi connectivity index (χ3v) is 4.22. The largest absolute Gasteiger partial charge is 0.497 e. The Morgan fingerprint density at radius 2 is 1.76 bits per heavy atom. The van der Waals surface area contributed by atoms with Crippen molar-refractivity contribution < 1.29 is 19.1 Å². The maximum absolute atomic E-state index is 12.6. The van der Waals surface area contributed by atoms with Gasteiger partial charge in [-0.2, -0.15) is 0 Å². The number of hydrogen-bond acceptors (Lipinski definition) is 6. The van der Waals surface area contributed by atoms with Gasteiger partial charge in [-0.1, -0.05) is 12.1 Å². The summed E-state index contributed by atoms with van der Waals surface area (Å²) >= 11 is 0. The maximum atomic E-state index is 12.6. The second kappa shape index (κ2) is 8.88. The minimum Gasteiger partial charge on any atom is -0.497 e. The average Bonchev–Trinajstić information content (AvgIpc) is 2.74. The molecule has 3 aromatic rings. The van der Waals surface area contributed by atoms with Gasteiger partial charge >= 0.3 is 0 Å². The molecule has 7 heteroatoms. The Morgan fingerprint density at radius 3 is 2.41 bits per heavy atom. The lowest BCUT2D eigenvalue weighted by atomic mass is 10.1. The summed E-state index contributed by atoms with van der Waals surface area (Å²) in [7, 11) is 3.08. The van der Waals surface area contributed by atoms with Gasteiger partial charge in [-0.3, -0.25) is 9.59 Å². The molecule has 1 amide bonds. The van der Waals surface area contributed by atoms with Gasteiger partial charge in [0.25, 0.3) is 5.91 Å². The van der Waals surface area contributed by atoms with Crippen LogP contribution in [0.15, 0.2) is 60.8 Å². The van der Waals surface area contributed by atoms with Gasteiger partial charge in [0, 0.05) is 23.5 Å². The van der Waals surface area contributed by atoms with Crippen molar-refractivity contribution in [1.82, 2.24) is 4.98 Å². The fourth-order valence-electron chi connectivity index (χ4n) is 2.67. The van der Waals surface area contributed by atoms with Gasteiger partial charge in [0.15, 0.2) is 5.78 Å². The third-order valence-electron chi connectivity index (χ3n) is 4.22. The topological polar surface area (TPSA) is 89.5 Å². The number of ether oxygens (including phenoxy) is 2. The molecular formula is C22H21N3O4. The molecule has 0 saturated carbocycles. The van der Waals surface area contributed by atoms with Crippen molar-refractivity contribution >= 4 is 28.9 Å². The van der Waals surface area contributed by atoms with Crippen molar-refractivity contribution in [3.05, 3.63) is 71.9 Å². The highest BCUT2D eigenvalue weighted by Gasteiger charge is 2.12. The number of carbonyl (C=O) groups excluding carboxylic acids is 2. The Labute approximate surface area is 168 Å². The highest BCUT2D eigenvalue weighted by atomic mass is 16.5.